The number of aromatic amines is 1. The van der Waals surface area contributed by atoms with Crippen LogP contribution in [0.25, 0.3) is 11.3 Å². The lowest BCUT2D eigenvalue weighted by atomic mass is 10.2. The SMILES string of the molecule is CCCCc1nc(C)c(C(=O)NC(CC)c2ncc(-c3ccccc3)[nH]2)s1. The van der Waals surface area contributed by atoms with Gasteiger partial charge in [-0.1, -0.05) is 50.6 Å². The van der Waals surface area contributed by atoms with Gasteiger partial charge in [-0.3, -0.25) is 4.79 Å². The summed E-state index contributed by atoms with van der Waals surface area (Å²) in [7, 11) is 0. The van der Waals surface area contributed by atoms with E-state index >= 15 is 0 Å². The fourth-order valence-corrected chi connectivity index (χ4v) is 3.97. The van der Waals surface area contributed by atoms with Gasteiger partial charge in [0.15, 0.2) is 0 Å². The Labute approximate surface area is 164 Å². The molecule has 5 nitrogen and oxygen atoms in total. The van der Waals surface area contributed by atoms with Crippen LogP contribution in [0.3, 0.4) is 0 Å². The third kappa shape index (κ3) is 4.63. The quantitative estimate of drug-likeness (QED) is 0.572. The number of unbranched alkanes of at least 4 members (excludes halogenated alkanes) is 1. The predicted octanol–water partition coefficient (Wildman–Crippen LogP) is 5.07. The van der Waals surface area contributed by atoms with Gasteiger partial charge in [0, 0.05) is 0 Å². The van der Waals surface area contributed by atoms with Gasteiger partial charge >= 0.3 is 0 Å². The number of amides is 1. The minimum atomic E-state index is -0.157. The van der Waals surface area contributed by atoms with Gasteiger partial charge in [0.25, 0.3) is 5.91 Å². The highest BCUT2D eigenvalue weighted by atomic mass is 32.1. The van der Waals surface area contributed by atoms with E-state index < -0.39 is 0 Å². The first-order valence-electron chi connectivity index (χ1n) is 9.49. The van der Waals surface area contributed by atoms with Crippen molar-refractivity contribution in [2.75, 3.05) is 0 Å². The van der Waals surface area contributed by atoms with Crippen LogP contribution in [0.5, 0.6) is 0 Å². The topological polar surface area (TPSA) is 70.7 Å². The number of hydrogen-bond acceptors (Lipinski definition) is 4. The fraction of sp³-hybridized carbons (Fsp3) is 0.381. The molecule has 3 rings (SSSR count). The molecule has 142 valence electrons. The molecule has 3 aromatic rings. The van der Waals surface area contributed by atoms with Crippen LogP contribution in [0.4, 0.5) is 0 Å². The summed E-state index contributed by atoms with van der Waals surface area (Å²) in [5.41, 5.74) is 2.84. The number of rotatable bonds is 8. The number of hydrogen-bond donors (Lipinski definition) is 2. The maximum Gasteiger partial charge on any atom is 0.263 e. The fourth-order valence-electron chi connectivity index (χ4n) is 2.96. The highest BCUT2D eigenvalue weighted by Crippen LogP contribution is 2.23. The standard InChI is InChI=1S/C21H26N4OS/c1-4-6-12-18-23-14(3)19(27-18)21(26)25-16(5-2)20-22-13-17(24-20)15-10-8-7-9-11-15/h7-11,13,16H,4-6,12H2,1-3H3,(H,22,24)(H,25,26). The lowest BCUT2D eigenvalue weighted by Gasteiger charge is -2.14. The van der Waals surface area contributed by atoms with Gasteiger partial charge in [-0.25, -0.2) is 9.97 Å². The van der Waals surface area contributed by atoms with Gasteiger partial charge < -0.3 is 10.3 Å². The summed E-state index contributed by atoms with van der Waals surface area (Å²) >= 11 is 1.50. The zero-order chi connectivity index (χ0) is 19.2. The molecule has 0 saturated carbocycles. The Kier molecular flexibility index (Phi) is 6.40. The van der Waals surface area contributed by atoms with Crippen molar-refractivity contribution >= 4 is 17.2 Å². The maximum absolute atomic E-state index is 12.8. The summed E-state index contributed by atoms with van der Waals surface area (Å²) in [5.74, 6) is 0.704. The van der Waals surface area contributed by atoms with Crippen LogP contribution in [-0.4, -0.2) is 20.9 Å². The van der Waals surface area contributed by atoms with Gasteiger partial charge in [-0.05, 0) is 31.7 Å². The molecule has 0 radical (unpaired) electrons. The van der Waals surface area contributed by atoms with Gasteiger partial charge in [0.2, 0.25) is 0 Å². The van der Waals surface area contributed by atoms with Crippen LogP contribution in [0.2, 0.25) is 0 Å². The second-order valence-corrected chi connectivity index (χ2v) is 7.69. The molecule has 6 heteroatoms. The Morgan fingerprint density at radius 1 is 1.26 bits per heavy atom. The third-order valence-corrected chi connectivity index (χ3v) is 5.73. The molecular formula is C21H26N4OS. The monoisotopic (exact) mass is 382 g/mol. The number of aryl methyl sites for hydroxylation is 2. The highest BCUT2D eigenvalue weighted by molar-refractivity contribution is 7.13. The molecule has 1 aromatic carbocycles. The Morgan fingerprint density at radius 2 is 2.04 bits per heavy atom. The molecule has 2 heterocycles. The van der Waals surface area contributed by atoms with Crippen LogP contribution in [0.1, 0.15) is 65.3 Å². The predicted molar refractivity (Wildman–Crippen MR) is 110 cm³/mol. The maximum atomic E-state index is 12.8. The minimum absolute atomic E-state index is 0.0720. The van der Waals surface area contributed by atoms with Crippen LogP contribution in [-0.2, 0) is 6.42 Å². The van der Waals surface area contributed by atoms with E-state index in [-0.39, 0.29) is 11.9 Å². The van der Waals surface area contributed by atoms with Crippen molar-refractivity contribution in [1.29, 1.82) is 0 Å². The first-order valence-corrected chi connectivity index (χ1v) is 10.3. The molecule has 1 atom stereocenters. The number of benzene rings is 1. The zero-order valence-electron chi connectivity index (χ0n) is 16.1. The van der Waals surface area contributed by atoms with Gasteiger partial charge in [0.05, 0.1) is 28.6 Å². The van der Waals surface area contributed by atoms with Crippen molar-refractivity contribution in [2.24, 2.45) is 0 Å². The third-order valence-electron chi connectivity index (χ3n) is 4.52. The molecule has 0 fully saturated rings. The Hall–Kier alpha value is -2.47. The van der Waals surface area contributed by atoms with E-state index in [4.69, 9.17) is 0 Å². The largest absolute Gasteiger partial charge is 0.341 e. The second kappa shape index (κ2) is 8.95. The molecule has 0 saturated heterocycles. The number of imidazole rings is 1. The Bertz CT molecular complexity index is 885. The van der Waals surface area contributed by atoms with Crippen LogP contribution in [0.15, 0.2) is 36.5 Å². The van der Waals surface area contributed by atoms with E-state index in [1.807, 2.05) is 50.4 Å². The van der Waals surface area contributed by atoms with Crippen molar-refractivity contribution in [3.05, 3.63) is 57.9 Å². The molecular weight excluding hydrogens is 356 g/mol. The van der Waals surface area contributed by atoms with E-state index in [1.165, 1.54) is 11.3 Å². The van der Waals surface area contributed by atoms with Crippen molar-refractivity contribution in [2.45, 2.75) is 52.5 Å². The molecule has 0 bridgehead atoms. The highest BCUT2D eigenvalue weighted by Gasteiger charge is 2.21. The normalized spacial score (nSPS) is 12.1. The smallest absolute Gasteiger partial charge is 0.263 e. The molecule has 2 aromatic heterocycles. The Balaban J connectivity index is 1.73. The van der Waals surface area contributed by atoms with Gasteiger partial charge in [-0.15, -0.1) is 11.3 Å². The molecule has 0 aliphatic carbocycles. The summed E-state index contributed by atoms with van der Waals surface area (Å²) in [6.45, 7) is 6.11. The van der Waals surface area contributed by atoms with E-state index in [0.717, 1.165) is 53.5 Å². The first kappa shape index (κ1) is 19.3. The average molecular weight is 383 g/mol. The summed E-state index contributed by atoms with van der Waals surface area (Å²) in [4.78, 5) is 25.9. The molecule has 1 amide bonds. The molecule has 0 aliphatic heterocycles. The van der Waals surface area contributed by atoms with Crippen molar-refractivity contribution in [1.82, 2.24) is 20.3 Å². The second-order valence-electron chi connectivity index (χ2n) is 6.61. The summed E-state index contributed by atoms with van der Waals surface area (Å²) in [5, 5.41) is 4.15. The number of aromatic nitrogens is 3. The number of H-pyrrole nitrogens is 1. The van der Waals surface area contributed by atoms with Crippen molar-refractivity contribution in [3.8, 4) is 11.3 Å². The van der Waals surface area contributed by atoms with E-state index in [9.17, 15) is 4.79 Å². The molecule has 27 heavy (non-hydrogen) atoms. The average Bonchev–Trinajstić information content (AvgIpc) is 3.32. The number of nitrogens with one attached hydrogen (secondary N) is 2. The summed E-state index contributed by atoms with van der Waals surface area (Å²) in [6.07, 6.45) is 5.74. The number of nitrogens with zero attached hydrogens (tertiary/aromatic N) is 2. The Morgan fingerprint density at radius 3 is 2.74 bits per heavy atom. The minimum Gasteiger partial charge on any atom is -0.341 e. The number of carbonyl (C=O) groups excluding carboxylic acids is 1. The van der Waals surface area contributed by atoms with Crippen LogP contribution in [0, 0.1) is 6.92 Å². The lowest BCUT2D eigenvalue weighted by Crippen LogP contribution is -2.28. The van der Waals surface area contributed by atoms with Crippen LogP contribution < -0.4 is 5.32 Å². The summed E-state index contributed by atoms with van der Waals surface area (Å²) in [6, 6.07) is 9.90. The van der Waals surface area contributed by atoms with Gasteiger partial charge in [-0.2, -0.15) is 0 Å². The molecule has 0 spiro atoms. The molecule has 0 aliphatic rings. The lowest BCUT2D eigenvalue weighted by molar-refractivity contribution is 0.0937. The number of carbonyl (C=O) groups is 1. The zero-order valence-corrected chi connectivity index (χ0v) is 16.9. The van der Waals surface area contributed by atoms with E-state index in [2.05, 4.69) is 27.2 Å². The summed E-state index contributed by atoms with van der Waals surface area (Å²) < 4.78 is 0. The van der Waals surface area contributed by atoms with E-state index in [0.29, 0.717) is 4.88 Å². The van der Waals surface area contributed by atoms with Crippen LogP contribution >= 0.6 is 11.3 Å². The first-order chi connectivity index (χ1) is 13.1. The molecule has 2 N–H and O–H groups in total. The van der Waals surface area contributed by atoms with Crippen molar-refractivity contribution in [3.63, 3.8) is 0 Å². The van der Waals surface area contributed by atoms with Crippen molar-refractivity contribution < 1.29 is 4.79 Å². The van der Waals surface area contributed by atoms with Gasteiger partial charge in [0.1, 0.15) is 10.7 Å². The molecule has 1 unspecified atom stereocenters. The van der Waals surface area contributed by atoms with E-state index in [1.54, 1.807) is 0 Å². The number of thiazole rings is 1.